The first-order valence-corrected chi connectivity index (χ1v) is 10.9. The van der Waals surface area contributed by atoms with Gasteiger partial charge in [0.15, 0.2) is 0 Å². The van der Waals surface area contributed by atoms with Gasteiger partial charge in [0.05, 0.1) is 11.2 Å². The van der Waals surface area contributed by atoms with Gasteiger partial charge in [0.25, 0.3) is 0 Å². The zero-order valence-electron chi connectivity index (χ0n) is 18.8. The fourth-order valence-corrected chi connectivity index (χ4v) is 3.89. The van der Waals surface area contributed by atoms with E-state index in [1.807, 2.05) is 44.2 Å². The Morgan fingerprint density at radius 1 is 0.781 bits per heavy atom. The lowest BCUT2D eigenvalue weighted by atomic mass is 9.81. The Labute approximate surface area is 188 Å². The number of benzene rings is 4. The van der Waals surface area contributed by atoms with E-state index >= 15 is 0 Å². The fourth-order valence-electron chi connectivity index (χ4n) is 3.89. The van der Waals surface area contributed by atoms with Crippen molar-refractivity contribution in [3.63, 3.8) is 0 Å². The van der Waals surface area contributed by atoms with Gasteiger partial charge in [-0.3, -0.25) is 0 Å². The Kier molecular flexibility index (Phi) is 4.88. The average molecular weight is 421 g/mol. The summed E-state index contributed by atoms with van der Waals surface area (Å²) in [5.74, 6) is 0. The molecule has 0 aliphatic rings. The third kappa shape index (κ3) is 3.60. The van der Waals surface area contributed by atoms with Crippen LogP contribution in [0.1, 0.15) is 27.7 Å². The quantitative estimate of drug-likeness (QED) is 0.343. The van der Waals surface area contributed by atoms with E-state index in [1.54, 1.807) is 21.3 Å². The molecule has 0 bridgehead atoms. The molecule has 0 atom stereocenters. The predicted octanol–water partition coefficient (Wildman–Crippen LogP) is 6.22. The molecule has 5 aromatic rings. The van der Waals surface area contributed by atoms with E-state index in [0.717, 1.165) is 43.9 Å². The van der Waals surface area contributed by atoms with Crippen molar-refractivity contribution >= 4 is 45.7 Å². The third-order valence-electron chi connectivity index (χ3n) is 6.51. The molecule has 0 unspecified atom stereocenters. The van der Waals surface area contributed by atoms with Crippen LogP contribution < -0.4 is 5.46 Å². The summed E-state index contributed by atoms with van der Waals surface area (Å²) in [7, 11) is 1.72. The smallest absolute Gasteiger partial charge is 0.331 e. The molecule has 32 heavy (non-hydrogen) atoms. The van der Waals surface area contributed by atoms with E-state index in [9.17, 15) is 5.11 Å². The first-order valence-electron chi connectivity index (χ1n) is 10.9. The third-order valence-corrected chi connectivity index (χ3v) is 6.51. The van der Waals surface area contributed by atoms with Gasteiger partial charge in [-0.2, -0.15) is 0 Å². The average Bonchev–Trinajstić information content (AvgIpc) is 3.12. The summed E-state index contributed by atoms with van der Waals surface area (Å²) in [4.78, 5) is 0. The minimum absolute atomic E-state index is 0.750. The minimum atomic E-state index is -0.991. The molecule has 159 valence electrons. The van der Waals surface area contributed by atoms with E-state index in [0.29, 0.717) is 0 Å². The molecule has 4 heteroatoms. The summed E-state index contributed by atoms with van der Waals surface area (Å²) < 4.78 is 12.4. The topological polar surface area (TPSA) is 42.6 Å². The maximum atomic E-state index is 10.5. The van der Waals surface area contributed by atoms with E-state index in [4.69, 9.17) is 9.07 Å². The van der Waals surface area contributed by atoms with Crippen molar-refractivity contribution < 1.29 is 14.2 Å². The predicted molar refractivity (Wildman–Crippen MR) is 134 cm³/mol. The lowest BCUT2D eigenvalue weighted by molar-refractivity contribution is -0.0893. The van der Waals surface area contributed by atoms with Gasteiger partial charge in [-0.25, -0.2) is 0 Å². The minimum Gasteiger partial charge on any atom is -0.456 e. The van der Waals surface area contributed by atoms with Crippen LogP contribution in [0.3, 0.4) is 0 Å². The molecule has 1 aromatic heterocycles. The molecule has 0 aliphatic heterocycles. The maximum Gasteiger partial charge on any atom is 0.331 e. The van der Waals surface area contributed by atoms with Gasteiger partial charge in [0, 0.05) is 10.8 Å². The largest absolute Gasteiger partial charge is 0.456 e. The first kappa shape index (κ1) is 20.8. The highest BCUT2D eigenvalue weighted by atomic mass is 16.5. The fraction of sp³-hybridized carbons (Fsp3) is 0.214. The molecule has 0 amide bonds. The molecular formula is C28H26BO3. The van der Waals surface area contributed by atoms with Gasteiger partial charge in [-0.05, 0) is 73.3 Å². The Morgan fingerprint density at radius 3 is 2.12 bits per heavy atom. The van der Waals surface area contributed by atoms with Crippen LogP contribution in [-0.4, -0.2) is 23.8 Å². The van der Waals surface area contributed by atoms with Crippen LogP contribution in [-0.2, 0) is 4.65 Å². The van der Waals surface area contributed by atoms with Gasteiger partial charge < -0.3 is 14.2 Å². The van der Waals surface area contributed by atoms with Crippen molar-refractivity contribution in [3.05, 3.63) is 78.9 Å². The normalized spacial score (nSPS) is 12.7. The zero-order chi connectivity index (χ0) is 22.5. The van der Waals surface area contributed by atoms with Gasteiger partial charge in [0.2, 0.25) is 0 Å². The highest BCUT2D eigenvalue weighted by Crippen LogP contribution is 2.38. The molecule has 1 N–H and O–H groups in total. The Hall–Kier alpha value is -3.08. The molecule has 4 aromatic carbocycles. The van der Waals surface area contributed by atoms with Gasteiger partial charge in [0.1, 0.15) is 11.2 Å². The summed E-state index contributed by atoms with van der Waals surface area (Å²) in [6.45, 7) is 7.27. The van der Waals surface area contributed by atoms with Crippen LogP contribution in [0.2, 0.25) is 0 Å². The molecule has 0 aliphatic carbocycles. The highest BCUT2D eigenvalue weighted by molar-refractivity contribution is 6.48. The van der Waals surface area contributed by atoms with Crippen LogP contribution in [0, 0.1) is 0 Å². The Morgan fingerprint density at radius 2 is 1.44 bits per heavy atom. The molecule has 1 radical (unpaired) electrons. The summed E-state index contributed by atoms with van der Waals surface area (Å²) in [6, 6.07) is 27.1. The van der Waals surface area contributed by atoms with E-state index < -0.39 is 11.2 Å². The molecular weight excluding hydrogens is 395 g/mol. The summed E-state index contributed by atoms with van der Waals surface area (Å²) in [5, 5.41) is 15.0. The molecule has 1 heterocycles. The lowest BCUT2D eigenvalue weighted by Crippen LogP contribution is -2.49. The summed E-state index contributed by atoms with van der Waals surface area (Å²) in [6.07, 6.45) is 0. The van der Waals surface area contributed by atoms with Gasteiger partial charge in [-0.15, -0.1) is 0 Å². The second-order valence-electron chi connectivity index (χ2n) is 9.41. The van der Waals surface area contributed by atoms with E-state index in [1.165, 1.54) is 5.39 Å². The number of fused-ring (bicyclic) bond motifs is 4. The van der Waals surface area contributed by atoms with Crippen LogP contribution in [0.4, 0.5) is 0 Å². The highest BCUT2D eigenvalue weighted by Gasteiger charge is 2.35. The summed E-state index contributed by atoms with van der Waals surface area (Å²) in [5.41, 5.74) is 3.03. The van der Waals surface area contributed by atoms with Crippen molar-refractivity contribution in [2.24, 2.45) is 0 Å². The number of hydrogen-bond acceptors (Lipinski definition) is 3. The Bertz CT molecular complexity index is 1430. The molecule has 3 nitrogen and oxygen atoms in total. The van der Waals surface area contributed by atoms with Gasteiger partial charge >= 0.3 is 7.48 Å². The standard InChI is InChI=1S/C28H26BO3/c1-27(2,30)28(3,4)32-29-21-16-22(18-10-6-5-7-11-18)26-23-14-19-12-8-9-13-20(19)15-24(23)31-25(26)17-21/h5-17,30H,1-4H3. The number of furan rings is 1. The van der Waals surface area contributed by atoms with Crippen molar-refractivity contribution in [1.82, 2.24) is 0 Å². The second kappa shape index (κ2) is 7.51. The Balaban J connectivity index is 1.71. The van der Waals surface area contributed by atoms with Crippen molar-refractivity contribution in [2.45, 2.75) is 38.9 Å². The summed E-state index contributed by atoms with van der Waals surface area (Å²) >= 11 is 0. The molecule has 5 rings (SSSR count). The monoisotopic (exact) mass is 421 g/mol. The van der Waals surface area contributed by atoms with Crippen LogP contribution in [0.25, 0.3) is 43.8 Å². The number of aliphatic hydroxyl groups is 1. The van der Waals surface area contributed by atoms with Crippen LogP contribution in [0.15, 0.2) is 83.3 Å². The van der Waals surface area contributed by atoms with Crippen molar-refractivity contribution in [2.75, 3.05) is 0 Å². The van der Waals surface area contributed by atoms with Crippen LogP contribution in [0.5, 0.6) is 0 Å². The molecule has 0 saturated carbocycles. The number of hydrogen-bond donors (Lipinski definition) is 1. The molecule has 0 spiro atoms. The molecule has 0 fully saturated rings. The second-order valence-corrected chi connectivity index (χ2v) is 9.41. The van der Waals surface area contributed by atoms with Crippen molar-refractivity contribution in [3.8, 4) is 11.1 Å². The molecule has 0 saturated heterocycles. The van der Waals surface area contributed by atoms with E-state index in [-0.39, 0.29) is 0 Å². The maximum absolute atomic E-state index is 10.5. The van der Waals surface area contributed by atoms with Crippen molar-refractivity contribution in [1.29, 1.82) is 0 Å². The zero-order valence-corrected chi connectivity index (χ0v) is 18.8. The lowest BCUT2D eigenvalue weighted by Gasteiger charge is -2.37. The van der Waals surface area contributed by atoms with E-state index in [2.05, 4.69) is 48.5 Å². The first-order chi connectivity index (χ1) is 15.2. The SMILES string of the molecule is CC(C)(O)C(C)(C)O[B]c1cc(-c2ccccc2)c2c(c1)oc1cc3ccccc3cc12. The van der Waals surface area contributed by atoms with Gasteiger partial charge in [-0.1, -0.05) is 60.7 Å². The van der Waals surface area contributed by atoms with Crippen LogP contribution >= 0.6 is 0 Å². The number of rotatable bonds is 5.